The summed E-state index contributed by atoms with van der Waals surface area (Å²) in [6.45, 7) is 7.92. The first-order chi connectivity index (χ1) is 19.1. The number of aromatic nitrogens is 2. The first-order valence-corrected chi connectivity index (χ1v) is 13.0. The van der Waals surface area contributed by atoms with Gasteiger partial charge in [-0.05, 0) is 52.0 Å². The van der Waals surface area contributed by atoms with E-state index < -0.39 is 23.5 Å². The van der Waals surface area contributed by atoms with Gasteiger partial charge in [-0.15, -0.1) is 0 Å². The van der Waals surface area contributed by atoms with Gasteiger partial charge in [-0.25, -0.2) is 19.6 Å². The summed E-state index contributed by atoms with van der Waals surface area (Å²) in [5, 5.41) is 0. The maximum absolute atomic E-state index is 12.4. The summed E-state index contributed by atoms with van der Waals surface area (Å²) in [7, 11) is 0. The zero-order valence-corrected chi connectivity index (χ0v) is 22.8. The van der Waals surface area contributed by atoms with Crippen molar-refractivity contribution in [1.82, 2.24) is 9.97 Å². The van der Waals surface area contributed by atoms with Crippen LogP contribution in [-0.4, -0.2) is 85.3 Å². The van der Waals surface area contributed by atoms with E-state index in [1.807, 2.05) is 27.7 Å². The summed E-state index contributed by atoms with van der Waals surface area (Å²) in [5.41, 5.74) is 1.67. The van der Waals surface area contributed by atoms with Gasteiger partial charge in [0.15, 0.2) is 23.1 Å². The molecule has 2 atom stereocenters. The molecule has 3 heterocycles. The first kappa shape index (κ1) is 28.3. The molecule has 2 aliphatic heterocycles. The standard InChI is InChI=1S/C28H32N2O10/c1-27(2)35-13-17(39-27)11-33-15-23(31)37-21-9-5-7-19-25(21)29-20-8-6-10-22(26(20)30-19)38-24(32)16-34-12-18-14-36-28(3,4)40-18/h5-10,17-18H,11-16H2,1-4H3. The Morgan fingerprint density at radius 2 is 1.18 bits per heavy atom. The number of ether oxygens (including phenoxy) is 8. The summed E-state index contributed by atoms with van der Waals surface area (Å²) < 4.78 is 44.2. The minimum absolute atomic E-state index is 0.200. The number of hydrogen-bond acceptors (Lipinski definition) is 12. The number of para-hydroxylation sites is 2. The molecule has 0 amide bonds. The molecule has 0 radical (unpaired) electrons. The van der Waals surface area contributed by atoms with E-state index in [1.165, 1.54) is 0 Å². The molecule has 3 aromatic rings. The van der Waals surface area contributed by atoms with Gasteiger partial charge in [-0.2, -0.15) is 0 Å². The molecule has 2 aliphatic rings. The maximum Gasteiger partial charge on any atom is 0.337 e. The molecule has 0 spiro atoms. The minimum Gasteiger partial charge on any atom is -0.422 e. The Morgan fingerprint density at radius 1 is 0.750 bits per heavy atom. The van der Waals surface area contributed by atoms with Gasteiger partial charge in [-0.3, -0.25) is 0 Å². The summed E-state index contributed by atoms with van der Waals surface area (Å²) in [5.74, 6) is -2.04. The van der Waals surface area contributed by atoms with Crippen molar-refractivity contribution in [2.45, 2.75) is 51.5 Å². The van der Waals surface area contributed by atoms with Crippen LogP contribution in [-0.2, 0) is 38.0 Å². The van der Waals surface area contributed by atoms with Crippen molar-refractivity contribution < 1.29 is 47.5 Å². The van der Waals surface area contributed by atoms with Gasteiger partial charge in [-0.1, -0.05) is 12.1 Å². The zero-order chi connectivity index (χ0) is 28.3. The van der Waals surface area contributed by atoms with Crippen molar-refractivity contribution in [3.8, 4) is 11.5 Å². The fourth-order valence-corrected chi connectivity index (χ4v) is 4.37. The number of carbonyl (C=O) groups excluding carboxylic acids is 2. The Balaban J connectivity index is 1.20. The highest BCUT2D eigenvalue weighted by molar-refractivity contribution is 5.94. The van der Waals surface area contributed by atoms with E-state index in [4.69, 9.17) is 37.9 Å². The van der Waals surface area contributed by atoms with Crippen LogP contribution < -0.4 is 9.47 Å². The Kier molecular flexibility index (Phi) is 8.26. The number of benzene rings is 2. The molecule has 0 saturated carbocycles. The molecule has 12 nitrogen and oxygen atoms in total. The SMILES string of the molecule is CC1(C)OCC(COCC(=O)Oc2cccc3nc4c(OC(=O)COCC5COC(C)(C)O5)cccc4nc23)O1. The van der Waals surface area contributed by atoms with Crippen molar-refractivity contribution in [3.05, 3.63) is 36.4 Å². The van der Waals surface area contributed by atoms with Crippen molar-refractivity contribution in [3.63, 3.8) is 0 Å². The highest BCUT2D eigenvalue weighted by atomic mass is 16.8. The van der Waals surface area contributed by atoms with Gasteiger partial charge in [0.2, 0.25) is 0 Å². The number of nitrogens with zero attached hydrogens (tertiary/aromatic N) is 2. The number of fused-ring (bicyclic) bond motifs is 2. The van der Waals surface area contributed by atoms with Gasteiger partial charge in [0.25, 0.3) is 0 Å². The lowest BCUT2D eigenvalue weighted by atomic mass is 10.2. The summed E-state index contributed by atoms with van der Waals surface area (Å²) in [6.07, 6.45) is -0.508. The van der Waals surface area contributed by atoms with Crippen LogP contribution in [0.15, 0.2) is 36.4 Å². The second-order valence-electron chi connectivity index (χ2n) is 10.4. The molecule has 0 aliphatic carbocycles. The molecular formula is C28H32N2O10. The van der Waals surface area contributed by atoms with Crippen molar-refractivity contribution >= 4 is 34.0 Å². The monoisotopic (exact) mass is 556 g/mol. The third-order valence-electron chi connectivity index (χ3n) is 6.05. The lowest BCUT2D eigenvalue weighted by Crippen LogP contribution is -2.26. The molecule has 1 aromatic heterocycles. The van der Waals surface area contributed by atoms with E-state index in [9.17, 15) is 9.59 Å². The van der Waals surface area contributed by atoms with Crippen LogP contribution in [0.25, 0.3) is 22.1 Å². The Labute approximate surface area is 230 Å². The predicted molar refractivity (Wildman–Crippen MR) is 140 cm³/mol. The van der Waals surface area contributed by atoms with Gasteiger partial charge in [0.1, 0.15) is 36.5 Å². The third-order valence-corrected chi connectivity index (χ3v) is 6.05. The highest BCUT2D eigenvalue weighted by Gasteiger charge is 2.33. The first-order valence-electron chi connectivity index (χ1n) is 13.0. The van der Waals surface area contributed by atoms with Crippen LogP contribution >= 0.6 is 0 Å². The molecule has 0 N–H and O–H groups in total. The molecule has 2 saturated heterocycles. The van der Waals surface area contributed by atoms with E-state index in [0.717, 1.165) is 0 Å². The van der Waals surface area contributed by atoms with Crippen LogP contribution in [0.3, 0.4) is 0 Å². The fourth-order valence-electron chi connectivity index (χ4n) is 4.37. The number of esters is 2. The summed E-state index contributed by atoms with van der Waals surface area (Å²) in [4.78, 5) is 34.1. The van der Waals surface area contributed by atoms with Crippen molar-refractivity contribution in [2.75, 3.05) is 39.6 Å². The largest absolute Gasteiger partial charge is 0.422 e. The molecule has 2 aromatic carbocycles. The molecule has 0 bridgehead atoms. The number of rotatable bonds is 10. The van der Waals surface area contributed by atoms with Crippen LogP contribution in [0, 0.1) is 0 Å². The smallest absolute Gasteiger partial charge is 0.337 e. The van der Waals surface area contributed by atoms with Crippen LogP contribution in [0.4, 0.5) is 0 Å². The summed E-state index contributed by atoms with van der Waals surface area (Å²) >= 11 is 0. The third kappa shape index (κ3) is 7.08. The average Bonchev–Trinajstić information content (AvgIpc) is 3.43. The molecular weight excluding hydrogens is 524 g/mol. The van der Waals surface area contributed by atoms with Crippen LogP contribution in [0.1, 0.15) is 27.7 Å². The normalized spacial score (nSPS) is 21.6. The zero-order valence-electron chi connectivity index (χ0n) is 22.8. The van der Waals surface area contributed by atoms with Gasteiger partial charge in [0, 0.05) is 0 Å². The van der Waals surface area contributed by atoms with Gasteiger partial charge < -0.3 is 37.9 Å². The highest BCUT2D eigenvalue weighted by Crippen LogP contribution is 2.29. The molecule has 2 unspecified atom stereocenters. The molecule has 5 rings (SSSR count). The van der Waals surface area contributed by atoms with E-state index in [-0.39, 0.29) is 50.1 Å². The van der Waals surface area contributed by atoms with Crippen LogP contribution in [0.2, 0.25) is 0 Å². The van der Waals surface area contributed by atoms with E-state index in [0.29, 0.717) is 35.3 Å². The average molecular weight is 557 g/mol. The number of hydrogen-bond donors (Lipinski definition) is 0. The molecule has 40 heavy (non-hydrogen) atoms. The second-order valence-corrected chi connectivity index (χ2v) is 10.4. The second kappa shape index (κ2) is 11.7. The van der Waals surface area contributed by atoms with Gasteiger partial charge >= 0.3 is 11.9 Å². The van der Waals surface area contributed by atoms with Gasteiger partial charge in [0.05, 0.1) is 37.5 Å². The quantitative estimate of drug-likeness (QED) is 0.206. The lowest BCUT2D eigenvalue weighted by molar-refractivity contribution is -0.151. The maximum atomic E-state index is 12.4. The Hall–Kier alpha value is -3.26. The molecule has 2 fully saturated rings. The Bertz CT molecular complexity index is 1290. The van der Waals surface area contributed by atoms with Crippen molar-refractivity contribution in [2.24, 2.45) is 0 Å². The molecule has 214 valence electrons. The molecule has 12 heteroatoms. The minimum atomic E-state index is -0.664. The van der Waals surface area contributed by atoms with E-state index in [2.05, 4.69) is 9.97 Å². The lowest BCUT2D eigenvalue weighted by Gasteiger charge is -2.17. The predicted octanol–water partition coefficient (Wildman–Crippen LogP) is 2.93. The fraction of sp³-hybridized carbons (Fsp3) is 0.500. The topological polar surface area (TPSA) is 134 Å². The van der Waals surface area contributed by atoms with E-state index >= 15 is 0 Å². The number of carbonyl (C=O) groups is 2. The van der Waals surface area contributed by atoms with E-state index in [1.54, 1.807) is 36.4 Å². The summed E-state index contributed by atoms with van der Waals surface area (Å²) in [6, 6.07) is 10.1. The van der Waals surface area contributed by atoms with Crippen LogP contribution in [0.5, 0.6) is 11.5 Å². The Morgan fingerprint density at radius 3 is 1.55 bits per heavy atom. The van der Waals surface area contributed by atoms with Crippen molar-refractivity contribution in [1.29, 1.82) is 0 Å².